The second-order valence-electron chi connectivity index (χ2n) is 6.17. The van der Waals surface area contributed by atoms with Crippen molar-refractivity contribution in [3.63, 3.8) is 0 Å². The predicted octanol–water partition coefficient (Wildman–Crippen LogP) is 4.35. The van der Waals surface area contributed by atoms with Crippen molar-refractivity contribution in [3.05, 3.63) is 76.3 Å². The van der Waals surface area contributed by atoms with Crippen molar-refractivity contribution in [1.82, 2.24) is 10.2 Å². The van der Waals surface area contributed by atoms with Crippen molar-refractivity contribution >= 4 is 16.5 Å². The normalized spacial score (nSPS) is 19.6. The van der Waals surface area contributed by atoms with Crippen molar-refractivity contribution in [3.8, 4) is 0 Å². The molecule has 1 aliphatic heterocycles. The van der Waals surface area contributed by atoms with Gasteiger partial charge in [0.1, 0.15) is 11.1 Å². The van der Waals surface area contributed by atoms with Gasteiger partial charge in [-0.2, -0.15) is 0 Å². The number of hydrogen-bond donors (Lipinski definition) is 1. The van der Waals surface area contributed by atoms with Crippen molar-refractivity contribution in [1.29, 1.82) is 0 Å². The lowest BCUT2D eigenvalue weighted by atomic mass is 10.0. The average molecular weight is 373 g/mol. The summed E-state index contributed by atoms with van der Waals surface area (Å²) in [6, 6.07) is 13.9. The van der Waals surface area contributed by atoms with Crippen LogP contribution < -0.4 is 5.32 Å². The lowest BCUT2D eigenvalue weighted by molar-refractivity contribution is 0.107. The third kappa shape index (κ3) is 3.73. The Bertz CT molecular complexity index is 888. The number of benzene rings is 2. The molecule has 7 heteroatoms. The third-order valence-corrected chi connectivity index (χ3v) is 5.19. The second kappa shape index (κ2) is 7.47. The molecule has 4 rings (SSSR count). The van der Waals surface area contributed by atoms with Crippen LogP contribution >= 0.6 is 11.3 Å². The molecular formula is C19H17F2N3OS. The Balaban J connectivity index is 1.45. The summed E-state index contributed by atoms with van der Waals surface area (Å²) in [4.78, 5) is 0. The first-order chi connectivity index (χ1) is 12.7. The molecule has 1 saturated heterocycles. The maximum Gasteiger partial charge on any atom is 0.206 e. The number of ether oxygens (including phenoxy) is 1. The van der Waals surface area contributed by atoms with E-state index in [1.165, 1.54) is 23.0 Å². The molecule has 1 fully saturated rings. The zero-order chi connectivity index (χ0) is 17.9. The van der Waals surface area contributed by atoms with E-state index in [9.17, 15) is 8.78 Å². The largest absolute Gasteiger partial charge is 0.371 e. The minimum Gasteiger partial charge on any atom is -0.371 e. The first kappa shape index (κ1) is 17.1. The van der Waals surface area contributed by atoms with Gasteiger partial charge in [-0.1, -0.05) is 47.7 Å². The summed E-state index contributed by atoms with van der Waals surface area (Å²) in [5.41, 5.74) is 1.80. The van der Waals surface area contributed by atoms with E-state index in [-0.39, 0.29) is 12.1 Å². The molecule has 1 aromatic heterocycles. The molecular weight excluding hydrogens is 356 g/mol. The van der Waals surface area contributed by atoms with Crippen LogP contribution in [0.5, 0.6) is 0 Å². The number of nitrogens with one attached hydrogen (secondary N) is 1. The molecule has 0 saturated carbocycles. The summed E-state index contributed by atoms with van der Waals surface area (Å²) < 4.78 is 32.4. The van der Waals surface area contributed by atoms with Crippen molar-refractivity contribution in [2.75, 3.05) is 11.9 Å². The van der Waals surface area contributed by atoms with Crippen LogP contribution in [0.25, 0.3) is 0 Å². The standard InChI is InChI=1S/C19H17F2N3OS/c20-14-7-6-13(11-15(14)21)18-16(8-9-25-18)22-19-24-23-17(26-19)10-12-4-2-1-3-5-12/h1-7,11,16,18H,8-10H2,(H,22,24). The van der Waals surface area contributed by atoms with Crippen molar-refractivity contribution in [2.24, 2.45) is 0 Å². The van der Waals surface area contributed by atoms with E-state index in [1.807, 2.05) is 18.2 Å². The quantitative estimate of drug-likeness (QED) is 0.722. The fourth-order valence-electron chi connectivity index (χ4n) is 3.07. The highest BCUT2D eigenvalue weighted by Gasteiger charge is 2.31. The van der Waals surface area contributed by atoms with E-state index < -0.39 is 11.6 Å². The van der Waals surface area contributed by atoms with Crippen LogP contribution in [-0.2, 0) is 11.2 Å². The summed E-state index contributed by atoms with van der Waals surface area (Å²) in [5.74, 6) is -1.72. The Morgan fingerprint density at radius 2 is 1.92 bits per heavy atom. The van der Waals surface area contributed by atoms with Gasteiger partial charge >= 0.3 is 0 Å². The molecule has 3 aromatic rings. The van der Waals surface area contributed by atoms with Gasteiger partial charge in [-0.15, -0.1) is 10.2 Å². The van der Waals surface area contributed by atoms with Crippen LogP contribution in [0.4, 0.5) is 13.9 Å². The first-order valence-electron chi connectivity index (χ1n) is 8.38. The Morgan fingerprint density at radius 3 is 2.73 bits per heavy atom. The smallest absolute Gasteiger partial charge is 0.206 e. The van der Waals surface area contributed by atoms with Crippen LogP contribution in [0.2, 0.25) is 0 Å². The molecule has 1 aliphatic rings. The highest BCUT2D eigenvalue weighted by atomic mass is 32.1. The topological polar surface area (TPSA) is 47.0 Å². The third-order valence-electron chi connectivity index (χ3n) is 4.34. The summed E-state index contributed by atoms with van der Waals surface area (Å²) in [6.45, 7) is 0.553. The van der Waals surface area contributed by atoms with E-state index in [2.05, 4.69) is 27.6 Å². The molecule has 0 radical (unpaired) electrons. The molecule has 1 N–H and O–H groups in total. The highest BCUT2D eigenvalue weighted by Crippen LogP contribution is 2.33. The molecule has 26 heavy (non-hydrogen) atoms. The van der Waals surface area contributed by atoms with Crippen LogP contribution in [0.1, 0.15) is 28.7 Å². The number of anilines is 1. The summed E-state index contributed by atoms with van der Waals surface area (Å²) in [6.07, 6.45) is 1.15. The molecule has 2 atom stereocenters. The van der Waals surface area contributed by atoms with Crippen molar-refractivity contribution < 1.29 is 13.5 Å². The molecule has 134 valence electrons. The first-order valence-corrected chi connectivity index (χ1v) is 9.20. The number of halogens is 2. The Labute approximate surface area is 153 Å². The molecule has 4 nitrogen and oxygen atoms in total. The van der Waals surface area contributed by atoms with E-state index in [1.54, 1.807) is 6.07 Å². The summed E-state index contributed by atoms with van der Waals surface area (Å²) in [5, 5.41) is 13.4. The van der Waals surface area contributed by atoms with Crippen molar-refractivity contribution in [2.45, 2.75) is 25.0 Å². The Hall–Kier alpha value is -2.38. The van der Waals surface area contributed by atoms with Gasteiger partial charge in [-0.25, -0.2) is 8.78 Å². The maximum absolute atomic E-state index is 13.5. The fourth-order valence-corrected chi connectivity index (χ4v) is 3.90. The minimum atomic E-state index is -0.863. The lowest BCUT2D eigenvalue weighted by Gasteiger charge is -2.19. The number of nitrogens with zero attached hydrogens (tertiary/aromatic N) is 2. The zero-order valence-corrected chi connectivity index (χ0v) is 14.7. The predicted molar refractivity (Wildman–Crippen MR) is 96.2 cm³/mol. The monoisotopic (exact) mass is 373 g/mol. The SMILES string of the molecule is Fc1ccc(C2OCCC2Nc2nnc(Cc3ccccc3)s2)cc1F. The maximum atomic E-state index is 13.5. The van der Waals surface area contributed by atoms with E-state index >= 15 is 0 Å². The molecule has 2 heterocycles. The van der Waals surface area contributed by atoms with Gasteiger partial charge in [0.25, 0.3) is 0 Å². The van der Waals surface area contributed by atoms with Gasteiger partial charge in [-0.05, 0) is 29.7 Å². The van der Waals surface area contributed by atoms with Crippen LogP contribution in [-0.4, -0.2) is 22.8 Å². The van der Waals surface area contributed by atoms with Gasteiger partial charge in [0, 0.05) is 13.0 Å². The fraction of sp³-hybridized carbons (Fsp3) is 0.263. The Kier molecular flexibility index (Phi) is 4.90. The van der Waals surface area contributed by atoms with E-state index in [4.69, 9.17) is 4.74 Å². The number of rotatable bonds is 5. The van der Waals surface area contributed by atoms with Crippen LogP contribution in [0.3, 0.4) is 0 Å². The number of aromatic nitrogens is 2. The lowest BCUT2D eigenvalue weighted by Crippen LogP contribution is -2.23. The van der Waals surface area contributed by atoms with Crippen LogP contribution in [0, 0.1) is 11.6 Å². The zero-order valence-electron chi connectivity index (χ0n) is 13.9. The molecule has 0 aliphatic carbocycles. The average Bonchev–Trinajstić information content (AvgIpc) is 3.28. The van der Waals surface area contributed by atoms with Gasteiger partial charge < -0.3 is 10.1 Å². The summed E-state index contributed by atoms with van der Waals surface area (Å²) >= 11 is 1.49. The van der Waals surface area contributed by atoms with Gasteiger partial charge in [0.2, 0.25) is 5.13 Å². The number of hydrogen-bond acceptors (Lipinski definition) is 5. The van der Waals surface area contributed by atoms with Gasteiger partial charge in [-0.3, -0.25) is 0 Å². The van der Waals surface area contributed by atoms with Gasteiger partial charge in [0.05, 0.1) is 6.04 Å². The molecule has 2 unspecified atom stereocenters. The summed E-state index contributed by atoms with van der Waals surface area (Å²) in [7, 11) is 0. The van der Waals surface area contributed by atoms with Crippen LogP contribution in [0.15, 0.2) is 48.5 Å². The molecule has 0 bridgehead atoms. The molecule has 0 amide bonds. The molecule has 2 aromatic carbocycles. The highest BCUT2D eigenvalue weighted by molar-refractivity contribution is 7.15. The van der Waals surface area contributed by atoms with Gasteiger partial charge in [0.15, 0.2) is 11.6 Å². The van der Waals surface area contributed by atoms with E-state index in [0.29, 0.717) is 17.3 Å². The Morgan fingerprint density at radius 1 is 1.08 bits per heavy atom. The van der Waals surface area contributed by atoms with E-state index in [0.717, 1.165) is 23.9 Å². The molecule has 0 spiro atoms. The second-order valence-corrected chi connectivity index (χ2v) is 7.23. The minimum absolute atomic E-state index is 0.0580.